The number of hydrogen-bond donors (Lipinski definition) is 3. The van der Waals surface area contributed by atoms with E-state index in [-0.39, 0.29) is 17.5 Å². The molecule has 126 valence electrons. The molecular weight excluding hydrogens is 308 g/mol. The highest BCUT2D eigenvalue weighted by atomic mass is 16.4. The van der Waals surface area contributed by atoms with Crippen molar-refractivity contribution in [1.29, 1.82) is 0 Å². The van der Waals surface area contributed by atoms with E-state index < -0.39 is 5.97 Å². The number of imidazole rings is 1. The Kier molecular flexibility index (Phi) is 4.79. The van der Waals surface area contributed by atoms with E-state index >= 15 is 0 Å². The Morgan fingerprint density at radius 1 is 1.25 bits per heavy atom. The highest BCUT2D eigenvalue weighted by Gasteiger charge is 2.21. The number of fused-ring (bicyclic) bond motifs is 1. The van der Waals surface area contributed by atoms with Crippen molar-refractivity contribution < 1.29 is 14.7 Å². The van der Waals surface area contributed by atoms with E-state index in [1.165, 1.54) is 12.1 Å². The smallest absolute Gasteiger partial charge is 0.335 e. The lowest BCUT2D eigenvalue weighted by atomic mass is 9.99. The van der Waals surface area contributed by atoms with Crippen LogP contribution in [-0.4, -0.2) is 33.2 Å². The van der Waals surface area contributed by atoms with Crippen molar-refractivity contribution in [3.05, 3.63) is 53.6 Å². The van der Waals surface area contributed by atoms with Gasteiger partial charge in [-0.25, -0.2) is 14.6 Å². The number of amides is 2. The Bertz CT molecular complexity index is 724. The van der Waals surface area contributed by atoms with Gasteiger partial charge in [-0.15, -0.1) is 0 Å². The lowest BCUT2D eigenvalue weighted by molar-refractivity contribution is 0.0697. The molecule has 1 aliphatic rings. The van der Waals surface area contributed by atoms with Crippen molar-refractivity contribution in [3.63, 3.8) is 0 Å². The number of aromatic nitrogens is 2. The number of urea groups is 1. The number of carbonyl (C=O) groups is 2. The zero-order chi connectivity index (χ0) is 16.9. The first kappa shape index (κ1) is 16.0. The maximum atomic E-state index is 11.9. The fraction of sp³-hybridized carbons (Fsp3) is 0.353. The highest BCUT2D eigenvalue weighted by molar-refractivity contribution is 5.87. The van der Waals surface area contributed by atoms with Crippen LogP contribution in [0.15, 0.2) is 36.7 Å². The van der Waals surface area contributed by atoms with Gasteiger partial charge >= 0.3 is 12.0 Å². The van der Waals surface area contributed by atoms with Crippen molar-refractivity contribution in [2.45, 2.75) is 31.8 Å². The first-order chi connectivity index (χ1) is 11.6. The zero-order valence-corrected chi connectivity index (χ0v) is 13.2. The fourth-order valence-electron chi connectivity index (χ4n) is 2.93. The summed E-state index contributed by atoms with van der Waals surface area (Å²) in [5.74, 6) is 0.318. The van der Waals surface area contributed by atoms with E-state index in [4.69, 9.17) is 5.11 Å². The van der Waals surface area contributed by atoms with Gasteiger partial charge in [-0.2, -0.15) is 0 Å². The number of carboxylic acids is 1. The number of nitrogens with zero attached hydrogens (tertiary/aromatic N) is 2. The summed E-state index contributed by atoms with van der Waals surface area (Å²) in [5, 5.41) is 14.5. The molecule has 0 aliphatic carbocycles. The molecule has 7 nitrogen and oxygen atoms in total. The molecular formula is C17H20N4O3. The van der Waals surface area contributed by atoms with E-state index in [2.05, 4.69) is 20.2 Å². The molecule has 0 fully saturated rings. The predicted molar refractivity (Wildman–Crippen MR) is 87.8 cm³/mol. The molecule has 2 heterocycles. The van der Waals surface area contributed by atoms with Crippen LogP contribution in [0.25, 0.3) is 0 Å². The van der Waals surface area contributed by atoms with Crippen LogP contribution < -0.4 is 10.6 Å². The SMILES string of the molecule is O=C(NCc1ccc(C(=O)O)cc1)NCC1CCCn2ccnc21. The molecule has 1 aromatic heterocycles. The number of carboxylic acid groups (broad SMARTS) is 1. The number of rotatable bonds is 5. The van der Waals surface area contributed by atoms with Crippen LogP contribution in [-0.2, 0) is 13.1 Å². The van der Waals surface area contributed by atoms with Gasteiger partial charge in [-0.05, 0) is 30.5 Å². The molecule has 2 amide bonds. The van der Waals surface area contributed by atoms with Crippen LogP contribution in [0.1, 0.15) is 40.5 Å². The summed E-state index contributed by atoms with van der Waals surface area (Å²) in [6.45, 7) is 1.90. The summed E-state index contributed by atoms with van der Waals surface area (Å²) in [6, 6.07) is 6.21. The van der Waals surface area contributed by atoms with E-state index in [9.17, 15) is 9.59 Å². The van der Waals surface area contributed by atoms with Crippen molar-refractivity contribution in [2.75, 3.05) is 6.54 Å². The third kappa shape index (κ3) is 3.73. The Balaban J connectivity index is 1.46. The second-order valence-electron chi connectivity index (χ2n) is 5.88. The van der Waals surface area contributed by atoms with E-state index in [1.807, 2.05) is 6.20 Å². The third-order valence-electron chi connectivity index (χ3n) is 4.23. The minimum atomic E-state index is -0.960. The topological polar surface area (TPSA) is 96.3 Å². The largest absolute Gasteiger partial charge is 0.478 e. The quantitative estimate of drug-likeness (QED) is 0.782. The van der Waals surface area contributed by atoms with Gasteiger partial charge in [0.1, 0.15) is 5.82 Å². The summed E-state index contributed by atoms with van der Waals surface area (Å²) < 4.78 is 2.14. The average Bonchev–Trinajstić information content (AvgIpc) is 3.07. The molecule has 0 saturated carbocycles. The number of carbonyl (C=O) groups excluding carboxylic acids is 1. The number of aryl methyl sites for hydroxylation is 1. The predicted octanol–water partition coefficient (Wildman–Crippen LogP) is 1.96. The Hall–Kier alpha value is -2.83. The number of aromatic carboxylic acids is 1. The van der Waals surface area contributed by atoms with Crippen LogP contribution in [0.4, 0.5) is 4.79 Å². The van der Waals surface area contributed by atoms with Crippen LogP contribution in [0.3, 0.4) is 0 Å². The van der Waals surface area contributed by atoms with Gasteiger partial charge in [0.15, 0.2) is 0 Å². The van der Waals surface area contributed by atoms with E-state index in [0.717, 1.165) is 30.8 Å². The molecule has 0 radical (unpaired) electrons. The van der Waals surface area contributed by atoms with Crippen molar-refractivity contribution in [1.82, 2.24) is 20.2 Å². The summed E-state index contributed by atoms with van der Waals surface area (Å²) >= 11 is 0. The highest BCUT2D eigenvalue weighted by Crippen LogP contribution is 2.24. The molecule has 3 N–H and O–H groups in total. The minimum Gasteiger partial charge on any atom is -0.478 e. The lowest BCUT2D eigenvalue weighted by Crippen LogP contribution is -2.38. The van der Waals surface area contributed by atoms with Crippen molar-refractivity contribution in [2.24, 2.45) is 0 Å². The second-order valence-corrected chi connectivity index (χ2v) is 5.88. The number of hydrogen-bond acceptors (Lipinski definition) is 3. The first-order valence-electron chi connectivity index (χ1n) is 7.98. The molecule has 0 spiro atoms. The third-order valence-corrected chi connectivity index (χ3v) is 4.23. The fourth-order valence-corrected chi connectivity index (χ4v) is 2.93. The molecule has 0 saturated heterocycles. The van der Waals surface area contributed by atoms with E-state index in [0.29, 0.717) is 13.1 Å². The maximum absolute atomic E-state index is 11.9. The molecule has 0 bridgehead atoms. The maximum Gasteiger partial charge on any atom is 0.335 e. The molecule has 1 aliphatic heterocycles. The Morgan fingerprint density at radius 3 is 2.79 bits per heavy atom. The summed E-state index contributed by atoms with van der Waals surface area (Å²) in [5.41, 5.74) is 1.08. The molecule has 24 heavy (non-hydrogen) atoms. The average molecular weight is 328 g/mol. The van der Waals surface area contributed by atoms with Gasteiger partial charge < -0.3 is 20.3 Å². The Labute approximate surface area is 139 Å². The summed E-state index contributed by atoms with van der Waals surface area (Å²) in [7, 11) is 0. The minimum absolute atomic E-state index is 0.232. The van der Waals surface area contributed by atoms with Gasteiger partial charge in [0.2, 0.25) is 0 Å². The van der Waals surface area contributed by atoms with Gasteiger partial charge in [0.05, 0.1) is 5.56 Å². The van der Waals surface area contributed by atoms with Gasteiger partial charge in [-0.1, -0.05) is 12.1 Å². The van der Waals surface area contributed by atoms with Gasteiger partial charge in [-0.3, -0.25) is 0 Å². The summed E-state index contributed by atoms with van der Waals surface area (Å²) in [6.07, 6.45) is 5.89. The molecule has 1 aromatic carbocycles. The number of benzene rings is 1. The molecule has 1 unspecified atom stereocenters. The second kappa shape index (κ2) is 7.16. The van der Waals surface area contributed by atoms with Gasteiger partial charge in [0, 0.05) is 37.9 Å². The van der Waals surface area contributed by atoms with Crippen LogP contribution in [0.5, 0.6) is 0 Å². The van der Waals surface area contributed by atoms with Gasteiger partial charge in [0.25, 0.3) is 0 Å². The van der Waals surface area contributed by atoms with Crippen molar-refractivity contribution in [3.8, 4) is 0 Å². The summed E-state index contributed by atoms with van der Waals surface area (Å²) in [4.78, 5) is 27.1. The van der Waals surface area contributed by atoms with Crippen LogP contribution >= 0.6 is 0 Å². The number of nitrogens with one attached hydrogen (secondary N) is 2. The molecule has 2 aromatic rings. The monoisotopic (exact) mass is 328 g/mol. The first-order valence-corrected chi connectivity index (χ1v) is 7.98. The molecule has 3 rings (SSSR count). The zero-order valence-electron chi connectivity index (χ0n) is 13.2. The standard InChI is InChI=1S/C17H20N4O3/c22-16(23)13-5-3-12(4-6-13)10-19-17(24)20-11-14-2-1-8-21-9-7-18-15(14)21/h3-7,9,14H,1-2,8,10-11H2,(H,22,23)(H2,19,20,24). The van der Waals surface area contributed by atoms with Crippen LogP contribution in [0, 0.1) is 0 Å². The lowest BCUT2D eigenvalue weighted by Gasteiger charge is -2.23. The molecule has 7 heteroatoms. The van der Waals surface area contributed by atoms with Crippen LogP contribution in [0.2, 0.25) is 0 Å². The van der Waals surface area contributed by atoms with E-state index in [1.54, 1.807) is 18.3 Å². The molecule has 1 atom stereocenters. The van der Waals surface area contributed by atoms with Crippen molar-refractivity contribution >= 4 is 12.0 Å². The Morgan fingerprint density at radius 2 is 2.04 bits per heavy atom. The normalized spacial score (nSPS) is 16.2.